The van der Waals surface area contributed by atoms with Crippen LogP contribution in [0, 0.1) is 41.5 Å². The lowest BCUT2D eigenvalue weighted by atomic mass is 10.1. The van der Waals surface area contributed by atoms with Crippen molar-refractivity contribution in [2.24, 2.45) is 0 Å². The van der Waals surface area contributed by atoms with Crippen LogP contribution in [0.3, 0.4) is 0 Å². The SMILES string of the molecule is Cc1ccc(-c2cc(N)n[nH]2)cc1.Cc1ccc(-c2cc(N)nn2C(=O)OC(C)(C)C)cc1.Cc1ccc(-c2cc(NC(=O)c3cccc(C(=O)Nc4cc(-c5ccc(C)cc5)[nH]n4)n3)n[nH]2)cc1.Cc1ccc(-c2cc(NCc3cccc(CNc4cc(-c5ccc(C)cc5)[nH]n4)n3)n[nH]2)cc1.Cl.Cl.Cl. The van der Waals surface area contributed by atoms with Gasteiger partial charge in [0.25, 0.3) is 11.8 Å². The van der Waals surface area contributed by atoms with Gasteiger partial charge in [-0.1, -0.05) is 191 Å². The molecule has 544 valence electrons. The zero-order chi connectivity index (χ0) is 72.6. The maximum atomic E-state index is 12.7. The minimum absolute atomic E-state index is 0. The first kappa shape index (κ1) is 79.1. The number of halogens is 3. The predicted octanol–water partition coefficient (Wildman–Crippen LogP) is 17.1. The Bertz CT molecular complexity index is 4940. The number of H-pyrrole nitrogens is 5. The number of nitrogens with zero attached hydrogens (tertiary/aromatic N) is 9. The molecule has 14 rings (SSSR count). The molecule has 27 heteroatoms. The van der Waals surface area contributed by atoms with Crippen molar-refractivity contribution in [1.29, 1.82) is 0 Å². The summed E-state index contributed by atoms with van der Waals surface area (Å²) >= 11 is 0. The Morgan fingerprint density at radius 3 is 1.04 bits per heavy atom. The van der Waals surface area contributed by atoms with Gasteiger partial charge in [0.05, 0.1) is 58.6 Å². The number of aryl methyl sites for hydroxylation is 6. The lowest BCUT2D eigenvalue weighted by molar-refractivity contribution is 0.0518. The third kappa shape index (κ3) is 22.2. The number of rotatable bonds is 16. The van der Waals surface area contributed by atoms with Crippen molar-refractivity contribution in [3.05, 3.63) is 275 Å². The molecule has 0 bridgehead atoms. The van der Waals surface area contributed by atoms with E-state index in [0.29, 0.717) is 36.2 Å². The van der Waals surface area contributed by atoms with Crippen LogP contribution in [0.2, 0.25) is 0 Å². The molecule has 13 N–H and O–H groups in total. The minimum Gasteiger partial charge on any atom is -0.442 e. The normalized spacial score (nSPS) is 10.5. The summed E-state index contributed by atoms with van der Waals surface area (Å²) in [4.78, 5) is 46.6. The lowest BCUT2D eigenvalue weighted by Crippen LogP contribution is -2.28. The van der Waals surface area contributed by atoms with E-state index in [4.69, 9.17) is 21.2 Å². The van der Waals surface area contributed by atoms with Crippen molar-refractivity contribution in [3.63, 3.8) is 0 Å². The lowest BCUT2D eigenvalue weighted by Gasteiger charge is -2.19. The van der Waals surface area contributed by atoms with Gasteiger partial charge >= 0.3 is 6.09 Å². The van der Waals surface area contributed by atoms with E-state index in [9.17, 15) is 14.4 Å². The number of carbonyl (C=O) groups excluding carboxylic acids is 3. The number of hydrogen-bond donors (Lipinski definition) is 11. The topological polar surface area (TPSA) is 348 Å². The Labute approximate surface area is 632 Å². The van der Waals surface area contributed by atoms with Crippen molar-refractivity contribution in [3.8, 4) is 67.5 Å². The summed E-state index contributed by atoms with van der Waals surface area (Å²) in [6.07, 6.45) is -0.537. The summed E-state index contributed by atoms with van der Waals surface area (Å²) in [5.41, 5.74) is 31.1. The zero-order valence-corrected chi connectivity index (χ0v) is 62.2. The van der Waals surface area contributed by atoms with E-state index in [1.807, 2.05) is 163 Å². The fourth-order valence-corrected chi connectivity index (χ4v) is 10.2. The highest BCUT2D eigenvalue weighted by Crippen LogP contribution is 2.28. The third-order valence-electron chi connectivity index (χ3n) is 15.8. The van der Waals surface area contributed by atoms with Gasteiger partial charge in [-0.2, -0.15) is 30.2 Å². The van der Waals surface area contributed by atoms with E-state index in [2.05, 4.69) is 164 Å². The van der Waals surface area contributed by atoms with Crippen LogP contribution in [-0.4, -0.2) is 94.2 Å². The molecule has 2 amide bonds. The van der Waals surface area contributed by atoms with Gasteiger partial charge in [-0.15, -0.1) is 42.3 Å². The average molecular weight is 1480 g/mol. The van der Waals surface area contributed by atoms with Crippen LogP contribution >= 0.6 is 37.2 Å². The van der Waals surface area contributed by atoms with Crippen LogP contribution in [0.1, 0.15) is 86.5 Å². The van der Waals surface area contributed by atoms with Crippen LogP contribution in [0.4, 0.5) is 39.7 Å². The number of nitrogens with two attached hydrogens (primary N) is 2. The highest BCUT2D eigenvalue weighted by atomic mass is 35.5. The van der Waals surface area contributed by atoms with Crippen LogP contribution < -0.4 is 32.7 Å². The molecule has 14 aromatic rings. The predicted molar refractivity (Wildman–Crippen MR) is 427 cm³/mol. The Morgan fingerprint density at radius 2 is 0.698 bits per heavy atom. The first-order valence-corrected chi connectivity index (χ1v) is 33.1. The summed E-state index contributed by atoms with van der Waals surface area (Å²) < 4.78 is 6.53. The molecule has 0 unspecified atom stereocenters. The highest BCUT2D eigenvalue weighted by molar-refractivity contribution is 6.06. The van der Waals surface area contributed by atoms with Gasteiger partial charge < -0.3 is 37.5 Å². The second-order valence-electron chi connectivity index (χ2n) is 25.6. The number of carbonyl (C=O) groups is 3. The van der Waals surface area contributed by atoms with E-state index in [-0.39, 0.29) is 54.4 Å². The molecule has 0 atom stereocenters. The van der Waals surface area contributed by atoms with Crippen molar-refractivity contribution in [2.75, 3.05) is 32.7 Å². The van der Waals surface area contributed by atoms with Gasteiger partial charge in [0.15, 0.2) is 11.6 Å². The van der Waals surface area contributed by atoms with Crippen LogP contribution in [0.25, 0.3) is 67.5 Å². The monoisotopic (exact) mass is 1480 g/mol. The summed E-state index contributed by atoms with van der Waals surface area (Å²) in [5.74, 6) is 2.14. The maximum Gasteiger partial charge on any atom is 0.435 e. The Hall–Kier alpha value is -12.6. The van der Waals surface area contributed by atoms with E-state index in [0.717, 1.165) is 102 Å². The van der Waals surface area contributed by atoms with E-state index in [1.165, 1.54) is 33.5 Å². The molecule has 0 aliphatic rings. The Kier molecular flexibility index (Phi) is 27.2. The van der Waals surface area contributed by atoms with Crippen molar-refractivity contribution >= 4 is 90.0 Å². The van der Waals surface area contributed by atoms with E-state index in [1.54, 1.807) is 24.3 Å². The molecule has 0 saturated carbocycles. The number of anilines is 6. The molecule has 0 aliphatic heterocycles. The molecular weight excluding hydrogens is 1400 g/mol. The summed E-state index contributed by atoms with van der Waals surface area (Å²) in [6.45, 7) is 18.9. The number of aromatic nitrogens is 14. The first-order valence-electron chi connectivity index (χ1n) is 33.1. The molecule has 0 saturated heterocycles. The van der Waals surface area contributed by atoms with Crippen molar-refractivity contribution < 1.29 is 19.1 Å². The van der Waals surface area contributed by atoms with E-state index < -0.39 is 23.5 Å². The minimum atomic E-state index is -0.581. The quantitative estimate of drug-likeness (QED) is 0.0428. The molecule has 0 radical (unpaired) electrons. The molecule has 6 aromatic carbocycles. The smallest absolute Gasteiger partial charge is 0.435 e. The molecule has 0 fully saturated rings. The number of nitrogen functional groups attached to an aromatic ring is 2. The van der Waals surface area contributed by atoms with Gasteiger partial charge in [-0.05, 0) is 114 Å². The summed E-state index contributed by atoms with van der Waals surface area (Å²) in [5, 5.41) is 51.9. The number of pyridine rings is 2. The standard InChI is InChI=1S/C27H23N7O2.C27H27N7.C15H19N3O2.C10H11N3.3ClH/c1-16-6-10-18(11-7-16)22-14-24(33-31-22)29-26(35)20-4-3-5-21(28-20)27(36)30-25-15-23(32-34-25)19-12-8-17(2)9-13-19;1-18-6-10-20(11-7-18)24-14-26(33-31-24)28-16-22-4-3-5-23(30-22)17-29-27-15-25(32-34-27)21-12-8-19(2)9-13-21;1-10-5-7-11(8-6-10)12-9-13(16)17-18(12)14(19)20-15(2,3)4;1-7-2-4-8(5-3-7)9-6-10(11)13-12-9;;;/h3-15H,1-2H3,(H2,29,31,33,35)(H2,30,32,34,36);3-15H,16-17H2,1-2H3,(H2,28,31,33)(H2,29,32,34);5-9H,1-4H3,(H2,16,17);2-6H,1H3,(H3,11,12,13);3*1H. The fraction of sp³-hybridized carbons (Fsp3) is 0.152. The molecule has 106 heavy (non-hydrogen) atoms. The zero-order valence-electron chi connectivity index (χ0n) is 59.7. The van der Waals surface area contributed by atoms with E-state index >= 15 is 0 Å². The largest absolute Gasteiger partial charge is 0.442 e. The Balaban J connectivity index is 0.000000188. The maximum absolute atomic E-state index is 12.7. The van der Waals surface area contributed by atoms with Gasteiger partial charge in [0.1, 0.15) is 40.3 Å². The second-order valence-corrected chi connectivity index (χ2v) is 25.6. The Morgan fingerprint density at radius 1 is 0.387 bits per heavy atom. The first-order chi connectivity index (χ1) is 49.6. The fourth-order valence-electron chi connectivity index (χ4n) is 10.2. The van der Waals surface area contributed by atoms with Crippen molar-refractivity contribution in [2.45, 2.75) is 81.0 Å². The molecule has 8 aromatic heterocycles. The highest BCUT2D eigenvalue weighted by Gasteiger charge is 2.23. The molecule has 24 nitrogen and oxygen atoms in total. The van der Waals surface area contributed by atoms with Crippen LogP contribution in [-0.2, 0) is 17.8 Å². The number of benzene rings is 6. The van der Waals surface area contributed by atoms with Crippen LogP contribution in [0.15, 0.2) is 218 Å². The second kappa shape index (κ2) is 36.5. The third-order valence-corrected chi connectivity index (χ3v) is 15.8. The average Bonchev–Trinajstić information content (AvgIpc) is 1.67. The summed E-state index contributed by atoms with van der Waals surface area (Å²) in [7, 11) is 0. The molecular formula is C79H83Cl3N20O4. The number of hydrogen-bond acceptors (Lipinski definition) is 16. The summed E-state index contributed by atoms with van der Waals surface area (Å²) in [6, 6.07) is 70.3. The number of ether oxygens (including phenoxy) is 1. The molecule has 8 heterocycles. The van der Waals surface area contributed by atoms with Gasteiger partial charge in [-0.25, -0.2) is 9.78 Å². The van der Waals surface area contributed by atoms with Gasteiger partial charge in [0.2, 0.25) is 0 Å². The van der Waals surface area contributed by atoms with Gasteiger partial charge in [-0.3, -0.25) is 40.1 Å². The molecule has 0 aliphatic carbocycles. The van der Waals surface area contributed by atoms with Crippen LogP contribution in [0.5, 0.6) is 0 Å². The number of aromatic amines is 5. The van der Waals surface area contributed by atoms with Crippen molar-refractivity contribution in [1.82, 2.24) is 70.7 Å². The number of amides is 2. The van der Waals surface area contributed by atoms with Gasteiger partial charge in [0, 0.05) is 42.0 Å². The molecule has 0 spiro atoms. The number of nitrogens with one attached hydrogen (secondary N) is 9.